The second kappa shape index (κ2) is 5.39. The van der Waals surface area contributed by atoms with Crippen molar-refractivity contribution in [1.29, 1.82) is 0 Å². The number of nitrogens with one attached hydrogen (secondary N) is 2. The second-order valence-corrected chi connectivity index (χ2v) is 3.05. The predicted octanol–water partition coefficient (Wildman–Crippen LogP) is 0.322. The van der Waals surface area contributed by atoms with Gasteiger partial charge in [-0.1, -0.05) is 5.16 Å². The summed E-state index contributed by atoms with van der Waals surface area (Å²) in [6.45, 7) is 3.30. The fourth-order valence-corrected chi connectivity index (χ4v) is 1.02. The summed E-state index contributed by atoms with van der Waals surface area (Å²) >= 11 is 0. The summed E-state index contributed by atoms with van der Waals surface area (Å²) in [6.07, 6.45) is 0.898. The summed E-state index contributed by atoms with van der Waals surface area (Å²) in [5, 5.41) is 9.37. The summed E-state index contributed by atoms with van der Waals surface area (Å²) in [6, 6.07) is 1.62. The Morgan fingerprint density at radius 1 is 1.57 bits per heavy atom. The van der Waals surface area contributed by atoms with Gasteiger partial charge >= 0.3 is 0 Å². The van der Waals surface area contributed by atoms with Gasteiger partial charge in [-0.15, -0.1) is 0 Å². The van der Waals surface area contributed by atoms with Gasteiger partial charge in [0.25, 0.3) is 5.91 Å². The van der Waals surface area contributed by atoms with Gasteiger partial charge in [-0.3, -0.25) is 4.79 Å². The molecular formula is C9H15N3O2. The van der Waals surface area contributed by atoms with E-state index in [1.54, 1.807) is 13.0 Å². The minimum atomic E-state index is -0.207. The van der Waals surface area contributed by atoms with Crippen LogP contribution in [0.5, 0.6) is 0 Å². The van der Waals surface area contributed by atoms with Crippen LogP contribution in [0.25, 0.3) is 0 Å². The lowest BCUT2D eigenvalue weighted by Crippen LogP contribution is -2.26. The zero-order valence-electron chi connectivity index (χ0n) is 8.46. The Morgan fingerprint density at radius 3 is 2.93 bits per heavy atom. The first-order valence-corrected chi connectivity index (χ1v) is 4.60. The van der Waals surface area contributed by atoms with Gasteiger partial charge in [0, 0.05) is 12.6 Å². The molecule has 5 heteroatoms. The highest BCUT2D eigenvalue weighted by molar-refractivity contribution is 5.91. The van der Waals surface area contributed by atoms with E-state index in [-0.39, 0.29) is 11.7 Å². The van der Waals surface area contributed by atoms with Gasteiger partial charge in [-0.2, -0.15) is 0 Å². The van der Waals surface area contributed by atoms with Crippen molar-refractivity contribution in [3.8, 4) is 0 Å². The highest BCUT2D eigenvalue weighted by Crippen LogP contribution is 2.01. The van der Waals surface area contributed by atoms with Crippen molar-refractivity contribution in [2.75, 3.05) is 20.1 Å². The maximum atomic E-state index is 11.4. The summed E-state index contributed by atoms with van der Waals surface area (Å²) in [5.41, 5.74) is 0.713. The molecule has 0 aliphatic heterocycles. The Morgan fingerprint density at radius 2 is 2.36 bits per heavy atom. The van der Waals surface area contributed by atoms with Gasteiger partial charge in [-0.05, 0) is 26.9 Å². The van der Waals surface area contributed by atoms with Crippen molar-refractivity contribution in [3.63, 3.8) is 0 Å². The van der Waals surface area contributed by atoms with E-state index in [0.717, 1.165) is 13.0 Å². The molecular weight excluding hydrogens is 182 g/mol. The second-order valence-electron chi connectivity index (χ2n) is 3.05. The third-order valence-electron chi connectivity index (χ3n) is 1.74. The lowest BCUT2D eigenvalue weighted by Gasteiger charge is -2.01. The molecule has 0 spiro atoms. The molecule has 2 N–H and O–H groups in total. The maximum absolute atomic E-state index is 11.4. The average molecular weight is 197 g/mol. The molecule has 0 radical (unpaired) electrons. The van der Waals surface area contributed by atoms with Gasteiger partial charge in [0.05, 0.1) is 5.69 Å². The first-order valence-electron chi connectivity index (χ1n) is 4.60. The molecule has 0 saturated carbocycles. The van der Waals surface area contributed by atoms with Crippen LogP contribution in [0.4, 0.5) is 0 Å². The molecule has 0 saturated heterocycles. The van der Waals surface area contributed by atoms with E-state index >= 15 is 0 Å². The standard InChI is InChI=1S/C9H15N3O2/c1-7-6-8(14-12-7)9(13)11-5-3-4-10-2/h6,10H,3-5H2,1-2H3,(H,11,13). The summed E-state index contributed by atoms with van der Waals surface area (Å²) < 4.78 is 4.81. The number of amides is 1. The van der Waals surface area contributed by atoms with Crippen LogP contribution in [0.1, 0.15) is 22.7 Å². The SMILES string of the molecule is CNCCCNC(=O)c1cc(C)no1. The minimum Gasteiger partial charge on any atom is -0.351 e. The molecule has 1 aromatic rings. The van der Waals surface area contributed by atoms with Crippen molar-refractivity contribution in [2.45, 2.75) is 13.3 Å². The van der Waals surface area contributed by atoms with E-state index in [1.165, 1.54) is 0 Å². The molecule has 0 aliphatic carbocycles. The van der Waals surface area contributed by atoms with Gasteiger partial charge < -0.3 is 15.2 Å². The quantitative estimate of drug-likeness (QED) is 0.667. The molecule has 78 valence electrons. The Balaban J connectivity index is 2.29. The molecule has 0 bridgehead atoms. The molecule has 1 amide bonds. The fourth-order valence-electron chi connectivity index (χ4n) is 1.02. The Labute approximate surface area is 82.8 Å². The molecule has 1 heterocycles. The first-order chi connectivity index (χ1) is 6.74. The predicted molar refractivity (Wildman–Crippen MR) is 52.1 cm³/mol. The third kappa shape index (κ3) is 3.18. The maximum Gasteiger partial charge on any atom is 0.289 e. The number of nitrogens with zero attached hydrogens (tertiary/aromatic N) is 1. The highest BCUT2D eigenvalue weighted by Gasteiger charge is 2.09. The lowest BCUT2D eigenvalue weighted by atomic mass is 10.3. The van der Waals surface area contributed by atoms with Crippen LogP contribution in [0.15, 0.2) is 10.6 Å². The van der Waals surface area contributed by atoms with Crippen LogP contribution in [-0.4, -0.2) is 31.2 Å². The number of rotatable bonds is 5. The Hall–Kier alpha value is -1.36. The van der Waals surface area contributed by atoms with E-state index in [1.807, 2.05) is 7.05 Å². The van der Waals surface area contributed by atoms with Crippen LogP contribution < -0.4 is 10.6 Å². The molecule has 1 aromatic heterocycles. The number of hydrogen-bond donors (Lipinski definition) is 2. The molecule has 5 nitrogen and oxygen atoms in total. The van der Waals surface area contributed by atoms with E-state index < -0.39 is 0 Å². The molecule has 14 heavy (non-hydrogen) atoms. The Bertz CT molecular complexity index is 296. The normalized spacial score (nSPS) is 10.1. The minimum absolute atomic E-state index is 0.207. The van der Waals surface area contributed by atoms with E-state index in [9.17, 15) is 4.79 Å². The molecule has 1 rings (SSSR count). The number of carbonyl (C=O) groups is 1. The largest absolute Gasteiger partial charge is 0.351 e. The van der Waals surface area contributed by atoms with Gasteiger partial charge in [0.15, 0.2) is 0 Å². The van der Waals surface area contributed by atoms with Gasteiger partial charge in [-0.25, -0.2) is 0 Å². The average Bonchev–Trinajstić information content (AvgIpc) is 2.59. The van der Waals surface area contributed by atoms with E-state index in [2.05, 4.69) is 15.8 Å². The van der Waals surface area contributed by atoms with Crippen molar-refractivity contribution in [1.82, 2.24) is 15.8 Å². The third-order valence-corrected chi connectivity index (χ3v) is 1.74. The smallest absolute Gasteiger partial charge is 0.289 e. The summed E-state index contributed by atoms with van der Waals surface area (Å²) in [5.74, 6) is 0.0636. The van der Waals surface area contributed by atoms with Crippen LogP contribution in [0.2, 0.25) is 0 Å². The summed E-state index contributed by atoms with van der Waals surface area (Å²) in [4.78, 5) is 11.4. The molecule has 0 aromatic carbocycles. The van der Waals surface area contributed by atoms with E-state index in [0.29, 0.717) is 12.2 Å². The zero-order valence-corrected chi connectivity index (χ0v) is 8.46. The zero-order chi connectivity index (χ0) is 10.4. The van der Waals surface area contributed by atoms with Gasteiger partial charge in [0.2, 0.25) is 5.76 Å². The molecule has 0 fully saturated rings. The van der Waals surface area contributed by atoms with Crippen LogP contribution in [-0.2, 0) is 0 Å². The van der Waals surface area contributed by atoms with Crippen molar-refractivity contribution in [3.05, 3.63) is 17.5 Å². The van der Waals surface area contributed by atoms with Crippen molar-refractivity contribution >= 4 is 5.91 Å². The number of aromatic nitrogens is 1. The Kier molecular flexibility index (Phi) is 4.12. The fraction of sp³-hybridized carbons (Fsp3) is 0.556. The van der Waals surface area contributed by atoms with Gasteiger partial charge in [0.1, 0.15) is 0 Å². The first kappa shape index (κ1) is 10.7. The number of hydrogen-bond acceptors (Lipinski definition) is 4. The summed E-state index contributed by atoms with van der Waals surface area (Å²) in [7, 11) is 1.88. The van der Waals surface area contributed by atoms with Crippen molar-refractivity contribution in [2.24, 2.45) is 0 Å². The molecule has 0 aliphatic rings. The molecule has 0 unspecified atom stereocenters. The van der Waals surface area contributed by atoms with Crippen LogP contribution in [0.3, 0.4) is 0 Å². The van der Waals surface area contributed by atoms with Crippen LogP contribution in [0, 0.1) is 6.92 Å². The number of aryl methyl sites for hydroxylation is 1. The van der Waals surface area contributed by atoms with Crippen molar-refractivity contribution < 1.29 is 9.32 Å². The highest BCUT2D eigenvalue weighted by atomic mass is 16.5. The molecule has 0 atom stereocenters. The van der Waals surface area contributed by atoms with E-state index in [4.69, 9.17) is 4.52 Å². The van der Waals surface area contributed by atoms with Crippen LogP contribution >= 0.6 is 0 Å². The lowest BCUT2D eigenvalue weighted by molar-refractivity contribution is 0.0916. The number of carbonyl (C=O) groups excluding carboxylic acids is 1. The topological polar surface area (TPSA) is 67.2 Å². The monoisotopic (exact) mass is 197 g/mol.